The van der Waals surface area contributed by atoms with E-state index in [9.17, 15) is 9.59 Å². The van der Waals surface area contributed by atoms with Crippen LogP contribution in [0.1, 0.15) is 20.8 Å². The Labute approximate surface area is 101 Å². The average molecular weight is 245 g/mol. The van der Waals surface area contributed by atoms with Crippen LogP contribution in [0.2, 0.25) is 0 Å². The van der Waals surface area contributed by atoms with Crippen molar-refractivity contribution >= 4 is 12.1 Å². The molecule has 2 N–H and O–H groups in total. The minimum Gasteiger partial charge on any atom is -0.465 e. The van der Waals surface area contributed by atoms with Crippen LogP contribution in [0.15, 0.2) is 0 Å². The Kier molecular flexibility index (Phi) is 4.34. The molecule has 0 aromatic heterocycles. The molecule has 6 nitrogen and oxygen atoms in total. The van der Waals surface area contributed by atoms with Gasteiger partial charge in [0.15, 0.2) is 0 Å². The molecule has 0 radical (unpaired) electrons. The molecule has 0 aromatic carbocycles. The summed E-state index contributed by atoms with van der Waals surface area (Å²) in [6.07, 6.45) is -0.375. The summed E-state index contributed by atoms with van der Waals surface area (Å²) in [5.41, 5.74) is -0.515. The van der Waals surface area contributed by atoms with Crippen molar-refractivity contribution in [3.8, 4) is 0 Å². The van der Waals surface area contributed by atoms with Crippen LogP contribution in [-0.2, 0) is 14.3 Å². The summed E-state index contributed by atoms with van der Waals surface area (Å²) < 4.78 is 9.93. The number of nitrogens with zero attached hydrogens (tertiary/aromatic N) is 1. The van der Waals surface area contributed by atoms with Crippen molar-refractivity contribution in [2.45, 2.75) is 32.4 Å². The standard InChI is InChI=1S/C11H20N2O4/c1-11(2,3)17-10(15)13-6-5-12-8(7-13)9(14)16-4/h8,12H,5-7H2,1-4H3/p+1/t8-/m0/s1. The Morgan fingerprint density at radius 1 is 1.35 bits per heavy atom. The number of carbonyl (C=O) groups is 2. The zero-order chi connectivity index (χ0) is 13.1. The van der Waals surface area contributed by atoms with Gasteiger partial charge in [-0.3, -0.25) is 4.90 Å². The SMILES string of the molecule is COC(=O)[C@@H]1CN(C(=O)OC(C)(C)C)CC[NH2+]1. The number of rotatable bonds is 1. The van der Waals surface area contributed by atoms with Gasteiger partial charge in [-0.2, -0.15) is 0 Å². The summed E-state index contributed by atoms with van der Waals surface area (Å²) in [5.74, 6) is -0.307. The van der Waals surface area contributed by atoms with Crippen molar-refractivity contribution in [3.05, 3.63) is 0 Å². The van der Waals surface area contributed by atoms with E-state index in [-0.39, 0.29) is 18.1 Å². The second-order valence-corrected chi connectivity index (χ2v) is 5.08. The summed E-state index contributed by atoms with van der Waals surface area (Å²) >= 11 is 0. The third-order valence-corrected chi connectivity index (χ3v) is 2.42. The minimum absolute atomic E-state index is 0.307. The maximum Gasteiger partial charge on any atom is 0.410 e. The number of nitrogens with two attached hydrogens (primary N) is 1. The second kappa shape index (κ2) is 5.35. The fourth-order valence-corrected chi connectivity index (χ4v) is 1.65. The van der Waals surface area contributed by atoms with Crippen molar-refractivity contribution in [2.24, 2.45) is 0 Å². The van der Waals surface area contributed by atoms with Gasteiger partial charge in [-0.1, -0.05) is 0 Å². The Morgan fingerprint density at radius 2 is 2.00 bits per heavy atom. The predicted molar refractivity (Wildman–Crippen MR) is 60.4 cm³/mol. The fraction of sp³-hybridized carbons (Fsp3) is 0.818. The molecule has 6 heteroatoms. The molecule has 98 valence electrons. The Morgan fingerprint density at radius 3 is 2.53 bits per heavy atom. The number of amides is 1. The lowest BCUT2D eigenvalue weighted by Gasteiger charge is -2.31. The highest BCUT2D eigenvalue weighted by Gasteiger charge is 2.33. The molecule has 1 rings (SSSR count). The maximum atomic E-state index is 11.8. The fourth-order valence-electron chi connectivity index (χ4n) is 1.65. The van der Waals surface area contributed by atoms with Crippen LogP contribution in [0.3, 0.4) is 0 Å². The molecule has 1 heterocycles. The van der Waals surface area contributed by atoms with E-state index in [1.807, 2.05) is 26.1 Å². The van der Waals surface area contributed by atoms with E-state index in [4.69, 9.17) is 4.74 Å². The smallest absolute Gasteiger partial charge is 0.410 e. The van der Waals surface area contributed by atoms with Crippen LogP contribution in [0.5, 0.6) is 0 Å². The monoisotopic (exact) mass is 245 g/mol. The lowest BCUT2D eigenvalue weighted by atomic mass is 10.2. The van der Waals surface area contributed by atoms with E-state index in [2.05, 4.69) is 4.74 Å². The molecular formula is C11H21N2O4+. The third-order valence-electron chi connectivity index (χ3n) is 2.42. The summed E-state index contributed by atoms with van der Waals surface area (Å²) in [5, 5.41) is 1.88. The van der Waals surface area contributed by atoms with Crippen LogP contribution in [0.4, 0.5) is 4.79 Å². The van der Waals surface area contributed by atoms with Crippen molar-refractivity contribution in [2.75, 3.05) is 26.7 Å². The summed E-state index contributed by atoms with van der Waals surface area (Å²) in [4.78, 5) is 24.7. The van der Waals surface area contributed by atoms with Gasteiger partial charge in [-0.05, 0) is 20.8 Å². The van der Waals surface area contributed by atoms with E-state index in [0.29, 0.717) is 19.6 Å². The highest BCUT2D eigenvalue weighted by atomic mass is 16.6. The second-order valence-electron chi connectivity index (χ2n) is 5.08. The van der Waals surface area contributed by atoms with Gasteiger partial charge in [0.1, 0.15) is 5.60 Å². The topological polar surface area (TPSA) is 72.5 Å². The average Bonchev–Trinajstić information content (AvgIpc) is 2.26. The highest BCUT2D eigenvalue weighted by molar-refractivity contribution is 5.76. The Balaban J connectivity index is 2.55. The van der Waals surface area contributed by atoms with Gasteiger partial charge in [0.2, 0.25) is 6.04 Å². The van der Waals surface area contributed by atoms with E-state index >= 15 is 0 Å². The number of hydrogen-bond acceptors (Lipinski definition) is 4. The molecule has 0 saturated carbocycles. The van der Waals surface area contributed by atoms with Crippen LogP contribution in [0, 0.1) is 0 Å². The largest absolute Gasteiger partial charge is 0.465 e. The summed E-state index contributed by atoms with van der Waals surface area (Å²) in [6, 6.07) is -0.346. The number of carbonyl (C=O) groups excluding carboxylic acids is 2. The molecule has 0 aromatic rings. The van der Waals surface area contributed by atoms with Gasteiger partial charge in [-0.15, -0.1) is 0 Å². The first-order valence-corrected chi connectivity index (χ1v) is 5.72. The predicted octanol–water partition coefficient (Wildman–Crippen LogP) is -0.658. The molecule has 1 atom stereocenters. The molecule has 0 aliphatic carbocycles. The van der Waals surface area contributed by atoms with E-state index in [1.54, 1.807) is 4.90 Å². The van der Waals surface area contributed by atoms with E-state index in [0.717, 1.165) is 0 Å². The van der Waals surface area contributed by atoms with E-state index < -0.39 is 5.60 Å². The van der Waals surface area contributed by atoms with Gasteiger partial charge < -0.3 is 14.8 Å². The number of ether oxygens (including phenoxy) is 2. The van der Waals surface area contributed by atoms with Crippen LogP contribution in [-0.4, -0.2) is 55.3 Å². The molecule has 17 heavy (non-hydrogen) atoms. The molecule has 1 aliphatic heterocycles. The first-order chi connectivity index (χ1) is 7.83. The highest BCUT2D eigenvalue weighted by Crippen LogP contribution is 2.10. The van der Waals surface area contributed by atoms with E-state index in [1.165, 1.54) is 7.11 Å². The Hall–Kier alpha value is -1.30. The van der Waals surface area contributed by atoms with Gasteiger partial charge in [-0.25, -0.2) is 9.59 Å². The molecule has 0 unspecified atom stereocenters. The molecule has 1 amide bonds. The minimum atomic E-state index is -0.515. The van der Waals surface area contributed by atoms with Crippen LogP contribution < -0.4 is 5.32 Å². The zero-order valence-corrected chi connectivity index (χ0v) is 10.9. The quantitative estimate of drug-likeness (QED) is 0.623. The Bertz CT molecular complexity index is 298. The van der Waals surface area contributed by atoms with Gasteiger partial charge in [0, 0.05) is 0 Å². The van der Waals surface area contributed by atoms with Crippen LogP contribution >= 0.6 is 0 Å². The lowest BCUT2D eigenvalue weighted by molar-refractivity contribution is -0.685. The van der Waals surface area contributed by atoms with Crippen molar-refractivity contribution in [1.82, 2.24) is 4.90 Å². The van der Waals surface area contributed by atoms with Gasteiger partial charge in [0.25, 0.3) is 0 Å². The maximum absolute atomic E-state index is 11.8. The molecule has 0 bridgehead atoms. The van der Waals surface area contributed by atoms with Crippen molar-refractivity contribution in [1.29, 1.82) is 0 Å². The third kappa shape index (κ3) is 4.22. The number of quaternary nitrogens is 1. The van der Waals surface area contributed by atoms with Crippen molar-refractivity contribution in [3.63, 3.8) is 0 Å². The number of esters is 1. The molecule has 1 fully saturated rings. The lowest BCUT2D eigenvalue weighted by Crippen LogP contribution is -2.97. The van der Waals surface area contributed by atoms with Crippen LogP contribution in [0.25, 0.3) is 0 Å². The zero-order valence-electron chi connectivity index (χ0n) is 10.9. The molecular weight excluding hydrogens is 224 g/mol. The first kappa shape index (κ1) is 13.8. The molecule has 1 aliphatic rings. The number of methoxy groups -OCH3 is 1. The number of piperazine rings is 1. The van der Waals surface area contributed by atoms with Gasteiger partial charge in [0.05, 0.1) is 26.7 Å². The molecule has 0 spiro atoms. The van der Waals surface area contributed by atoms with Gasteiger partial charge >= 0.3 is 12.1 Å². The summed E-state index contributed by atoms with van der Waals surface area (Å²) in [7, 11) is 1.35. The normalized spacial score (nSPS) is 20.9. The number of hydrogen-bond donors (Lipinski definition) is 1. The van der Waals surface area contributed by atoms with Crippen molar-refractivity contribution < 1.29 is 24.4 Å². The molecule has 1 saturated heterocycles. The first-order valence-electron chi connectivity index (χ1n) is 5.72. The summed E-state index contributed by atoms with van der Waals surface area (Å²) in [6.45, 7) is 7.05.